The van der Waals surface area contributed by atoms with Crippen LogP contribution in [0.4, 0.5) is 4.39 Å². The minimum Gasteiger partial charge on any atom is -0.496 e. The number of fused-ring (bicyclic) bond motifs is 8. The van der Waals surface area contributed by atoms with E-state index in [1.165, 1.54) is 18.5 Å². The molecule has 1 saturated heterocycles. The van der Waals surface area contributed by atoms with Gasteiger partial charge in [-0.25, -0.2) is 32.8 Å². The van der Waals surface area contributed by atoms with Gasteiger partial charge in [0.05, 0.1) is 34.6 Å². The molecule has 75 heavy (non-hydrogen) atoms. The summed E-state index contributed by atoms with van der Waals surface area (Å²) < 4.78 is 78.7. The molecule has 9 rings (SSSR count). The van der Waals surface area contributed by atoms with Crippen molar-refractivity contribution in [2.75, 3.05) is 60.3 Å². The molecule has 1 unspecified atom stereocenters. The molecule has 1 aliphatic heterocycles. The number of phosphoric ester groups is 1. The zero-order chi connectivity index (χ0) is 53.1. The fourth-order valence-corrected chi connectivity index (χ4v) is 10.9. The first-order valence-electron chi connectivity index (χ1n) is 24.5. The molecule has 1 fully saturated rings. The predicted molar refractivity (Wildman–Crippen MR) is 284 cm³/mol. The second-order valence-electron chi connectivity index (χ2n) is 20.1. The number of esters is 1. The fraction of sp³-hybridized carbons (Fsp3) is 0.364. The summed E-state index contributed by atoms with van der Waals surface area (Å²) in [6.45, 7) is 14.4. The van der Waals surface area contributed by atoms with Crippen LogP contribution in [0.5, 0.6) is 23.1 Å². The molecule has 0 amide bonds. The maximum absolute atomic E-state index is 15.2. The Kier molecular flexibility index (Phi) is 15.9. The number of aromatic nitrogens is 5. The Balaban J connectivity index is 1.07. The van der Waals surface area contributed by atoms with Gasteiger partial charge in [-0.05, 0) is 119 Å². The number of nitrogens with zero attached hydrogens (tertiary/aromatic N) is 7. The third-order valence-corrected chi connectivity index (χ3v) is 14.6. The first-order chi connectivity index (χ1) is 35.8. The van der Waals surface area contributed by atoms with Crippen LogP contribution in [0.15, 0.2) is 104 Å². The average Bonchev–Trinajstić information content (AvgIpc) is 3.77. The van der Waals surface area contributed by atoms with Crippen molar-refractivity contribution in [2.45, 2.75) is 71.9 Å². The number of hydrogen-bond acceptors (Lipinski definition) is 16. The molecule has 1 atom stereocenters. The summed E-state index contributed by atoms with van der Waals surface area (Å²) in [5.74, 6) is 0.624. The lowest BCUT2D eigenvalue weighted by Gasteiger charge is -2.32. The van der Waals surface area contributed by atoms with Crippen LogP contribution in [0, 0.1) is 5.82 Å². The Labute approximate surface area is 439 Å². The van der Waals surface area contributed by atoms with Crippen molar-refractivity contribution in [3.63, 3.8) is 0 Å². The van der Waals surface area contributed by atoms with E-state index in [1.807, 2.05) is 30.3 Å². The van der Waals surface area contributed by atoms with Gasteiger partial charge in [0.25, 0.3) is 0 Å². The van der Waals surface area contributed by atoms with E-state index in [1.54, 1.807) is 108 Å². The summed E-state index contributed by atoms with van der Waals surface area (Å²) in [5.41, 5.74) is 0.349. The smallest absolute Gasteiger partial charge is 0.478 e. The van der Waals surface area contributed by atoms with Crippen LogP contribution in [-0.4, -0.2) is 118 Å². The normalized spacial score (nSPS) is 14.4. The number of hydrogen-bond donors (Lipinski definition) is 0. The van der Waals surface area contributed by atoms with Crippen LogP contribution in [0.1, 0.15) is 52.8 Å². The Morgan fingerprint density at radius 3 is 2.28 bits per heavy atom. The van der Waals surface area contributed by atoms with Gasteiger partial charge in [0.15, 0.2) is 5.82 Å². The number of piperazine rings is 1. The van der Waals surface area contributed by atoms with Crippen LogP contribution >= 0.6 is 19.4 Å². The number of carbonyl (C=O) groups excluding carboxylic acids is 1. The van der Waals surface area contributed by atoms with Gasteiger partial charge in [0.2, 0.25) is 18.8 Å². The largest absolute Gasteiger partial charge is 0.496 e. The predicted octanol–water partition coefficient (Wildman–Crippen LogP) is 10.9. The third kappa shape index (κ3) is 12.6. The highest BCUT2D eigenvalue weighted by molar-refractivity contribution is 7.48. The van der Waals surface area contributed by atoms with Crippen LogP contribution in [0.2, 0.25) is 5.02 Å². The zero-order valence-corrected chi connectivity index (χ0v) is 44.8. The zero-order valence-electron chi connectivity index (χ0n) is 43.2. The average molecular weight is 1060 g/mol. The Bertz CT molecular complexity index is 3400. The molecule has 0 bridgehead atoms. The van der Waals surface area contributed by atoms with Gasteiger partial charge < -0.3 is 28.6 Å². The van der Waals surface area contributed by atoms with Gasteiger partial charge in [-0.2, -0.15) is 10.1 Å². The van der Waals surface area contributed by atoms with E-state index >= 15 is 4.39 Å². The molecular weight excluding hydrogens is 1000 g/mol. The number of likely N-dealkylation sites (N-methyl/N-ethyl adjacent to an activating group) is 1. The molecule has 4 heterocycles. The van der Waals surface area contributed by atoms with Gasteiger partial charge in [0.1, 0.15) is 48.1 Å². The van der Waals surface area contributed by atoms with Crippen molar-refractivity contribution in [1.82, 2.24) is 34.4 Å². The van der Waals surface area contributed by atoms with E-state index in [0.717, 1.165) is 31.7 Å². The van der Waals surface area contributed by atoms with Gasteiger partial charge >= 0.3 is 13.8 Å². The first-order valence-corrected chi connectivity index (χ1v) is 26.4. The van der Waals surface area contributed by atoms with Crippen LogP contribution in [0.25, 0.3) is 49.2 Å². The summed E-state index contributed by atoms with van der Waals surface area (Å²) in [5, 5.41) is 8.64. The highest BCUT2D eigenvalue weighted by Crippen LogP contribution is 2.55. The summed E-state index contributed by atoms with van der Waals surface area (Å²) in [6, 6.07) is 24.6. The lowest BCUT2D eigenvalue weighted by atomic mass is 9.95. The first kappa shape index (κ1) is 53.3. The SMILES string of the molecule is COc1ccccc1-c1nccc(COc2ccccc2CC(Oc2ncnn3cc4c5ccc(F)cc5c5c(Cl)c(OCCN6CCN(C)CC6)ccc5c4c23)C(=O)OCOP(=O)(OC(C)(C)C)OC(C)(C)C)n1. The van der Waals surface area contributed by atoms with E-state index in [4.69, 9.17) is 53.8 Å². The van der Waals surface area contributed by atoms with Crippen LogP contribution in [0.3, 0.4) is 0 Å². The summed E-state index contributed by atoms with van der Waals surface area (Å²) in [7, 11) is -0.604. The molecule has 0 spiro atoms. The third-order valence-electron chi connectivity index (χ3n) is 12.2. The number of halogens is 2. The van der Waals surface area contributed by atoms with E-state index in [0.29, 0.717) is 90.3 Å². The Hall–Kier alpha value is -6.50. The molecular formula is C55H60ClFN7O10P. The van der Waals surface area contributed by atoms with Crippen molar-refractivity contribution in [2.24, 2.45) is 0 Å². The Morgan fingerprint density at radius 2 is 1.53 bits per heavy atom. The minimum absolute atomic E-state index is 0.00955. The molecule has 0 N–H and O–H groups in total. The molecule has 17 nitrogen and oxygen atoms in total. The number of para-hydroxylation sites is 2. The number of benzene rings is 5. The summed E-state index contributed by atoms with van der Waals surface area (Å²) >= 11 is 7.30. The monoisotopic (exact) mass is 1060 g/mol. The van der Waals surface area contributed by atoms with Crippen molar-refractivity contribution in [1.29, 1.82) is 0 Å². The van der Waals surface area contributed by atoms with Crippen molar-refractivity contribution >= 4 is 63.2 Å². The molecule has 1 aliphatic rings. The lowest BCUT2D eigenvalue weighted by molar-refractivity contribution is -0.160. The molecule has 8 aromatic rings. The van der Waals surface area contributed by atoms with E-state index < -0.39 is 43.7 Å². The summed E-state index contributed by atoms with van der Waals surface area (Å²) in [6.07, 6.45) is 3.20. The van der Waals surface area contributed by atoms with E-state index in [2.05, 4.69) is 31.9 Å². The maximum atomic E-state index is 15.2. The van der Waals surface area contributed by atoms with E-state index in [9.17, 15) is 9.36 Å². The lowest BCUT2D eigenvalue weighted by Crippen LogP contribution is -2.45. The topological polar surface area (TPSA) is 170 Å². The van der Waals surface area contributed by atoms with Crippen molar-refractivity contribution < 1.29 is 51.0 Å². The van der Waals surface area contributed by atoms with Gasteiger partial charge in [0, 0.05) is 67.7 Å². The molecule has 5 aromatic carbocycles. The molecule has 0 aliphatic carbocycles. The number of carbonyl (C=O) groups is 1. The van der Waals surface area contributed by atoms with Crippen LogP contribution in [-0.2, 0) is 40.7 Å². The second-order valence-corrected chi connectivity index (χ2v) is 22.0. The minimum atomic E-state index is -4.30. The van der Waals surface area contributed by atoms with E-state index in [-0.39, 0.29) is 18.9 Å². The number of methoxy groups -OCH3 is 1. The standard InChI is InChI=1S/C55H60ClFN7O10P/c1-54(2,3)73-75(66,74-55(4,5)6)71-34-70-53(65)46(29-35-13-9-11-15-43(35)69-32-37-21-22-58-51(61-37)39-14-10-12-16-44(39)67-8)72-52-50-48-40-19-20-45(68-28-27-63-25-23-62(7)24-26-63)49(56)47(40)41-30-36(57)17-18-38(41)42(48)31-64(50)60-33-59-52/h9-22,30-31,33,46H,23-29,32,34H2,1-8H3. The maximum Gasteiger partial charge on any atom is 0.478 e. The quantitative estimate of drug-likeness (QED) is 0.0324. The molecule has 0 radical (unpaired) electrons. The van der Waals surface area contributed by atoms with Gasteiger partial charge in [-0.1, -0.05) is 48.0 Å². The number of rotatable bonds is 19. The Morgan fingerprint density at radius 1 is 0.813 bits per heavy atom. The second kappa shape index (κ2) is 22.4. The highest BCUT2D eigenvalue weighted by Gasteiger charge is 2.38. The van der Waals surface area contributed by atoms with Crippen LogP contribution < -0.4 is 18.9 Å². The van der Waals surface area contributed by atoms with Crippen molar-refractivity contribution in [3.8, 4) is 34.5 Å². The molecule has 20 heteroatoms. The summed E-state index contributed by atoms with van der Waals surface area (Å²) in [4.78, 5) is 33.1. The number of ether oxygens (including phenoxy) is 5. The van der Waals surface area contributed by atoms with Crippen molar-refractivity contribution in [3.05, 3.63) is 126 Å². The molecule has 3 aromatic heterocycles. The van der Waals surface area contributed by atoms with Gasteiger partial charge in [-0.3, -0.25) is 13.9 Å². The number of phosphoric acid groups is 1. The van der Waals surface area contributed by atoms with Gasteiger partial charge in [-0.15, -0.1) is 0 Å². The molecule has 0 saturated carbocycles. The molecule has 394 valence electrons. The fourth-order valence-electron chi connectivity index (χ4n) is 8.89. The highest BCUT2D eigenvalue weighted by atomic mass is 35.5.